The number of sulfonamides is 1. The van der Waals surface area contributed by atoms with E-state index in [-0.39, 0.29) is 16.8 Å². The van der Waals surface area contributed by atoms with Gasteiger partial charge in [-0.25, -0.2) is 22.7 Å². The van der Waals surface area contributed by atoms with Gasteiger partial charge in [0.2, 0.25) is 5.96 Å². The van der Waals surface area contributed by atoms with E-state index in [1.54, 1.807) is 56.3 Å². The molecule has 2 N–H and O–H groups in total. The molecule has 0 unspecified atom stereocenters. The zero-order valence-electron chi connectivity index (χ0n) is 17.2. The average Bonchev–Trinajstić information content (AvgIpc) is 2.68. The summed E-state index contributed by atoms with van der Waals surface area (Å²) < 4.78 is 33.1. The van der Waals surface area contributed by atoms with E-state index in [0.717, 1.165) is 9.87 Å². The van der Waals surface area contributed by atoms with Gasteiger partial charge in [-0.15, -0.1) is 0 Å². The van der Waals surface area contributed by atoms with Crippen molar-refractivity contribution in [2.45, 2.75) is 25.7 Å². The fourth-order valence-corrected chi connectivity index (χ4v) is 4.21. The first kappa shape index (κ1) is 21.3. The molecule has 156 valence electrons. The van der Waals surface area contributed by atoms with Gasteiger partial charge in [-0.2, -0.15) is 4.99 Å². The van der Waals surface area contributed by atoms with Crippen molar-refractivity contribution in [3.63, 3.8) is 0 Å². The van der Waals surface area contributed by atoms with Gasteiger partial charge in [-0.3, -0.25) is 0 Å². The lowest BCUT2D eigenvalue weighted by Crippen LogP contribution is -2.42. The predicted octanol–water partition coefficient (Wildman–Crippen LogP) is 3.25. The Morgan fingerprint density at radius 1 is 0.967 bits per heavy atom. The van der Waals surface area contributed by atoms with Gasteiger partial charge in [-0.05, 0) is 63.2 Å². The molecule has 3 rings (SSSR count). The molecule has 9 heteroatoms. The Bertz CT molecular complexity index is 1150. The summed E-state index contributed by atoms with van der Waals surface area (Å²) in [4.78, 5) is 12.7. The normalized spacial score (nSPS) is 11.9. The highest BCUT2D eigenvalue weighted by atomic mass is 32.2. The Morgan fingerprint density at radius 2 is 1.53 bits per heavy atom. The second kappa shape index (κ2) is 8.50. The molecular weight excluding hydrogens is 402 g/mol. The smallest absolute Gasteiger partial charge is 0.271 e. The van der Waals surface area contributed by atoms with E-state index in [4.69, 9.17) is 10.5 Å². The third-order valence-electron chi connectivity index (χ3n) is 4.26. The number of hydrogen-bond donors (Lipinski definition) is 1. The molecule has 3 aromatic rings. The quantitative estimate of drug-likeness (QED) is 0.496. The molecule has 0 fully saturated rings. The molecule has 0 radical (unpaired) electrons. The number of aliphatic imine (C=N–C) groups is 1. The molecule has 1 heterocycles. The fourth-order valence-electron chi connectivity index (χ4n) is 2.83. The molecule has 0 atom stereocenters. The molecule has 0 aliphatic heterocycles. The lowest BCUT2D eigenvalue weighted by Gasteiger charge is -2.23. The summed E-state index contributed by atoms with van der Waals surface area (Å²) >= 11 is 0. The summed E-state index contributed by atoms with van der Waals surface area (Å²) in [6.07, 6.45) is 0. The van der Waals surface area contributed by atoms with Crippen molar-refractivity contribution < 1.29 is 13.2 Å². The van der Waals surface area contributed by atoms with E-state index in [2.05, 4.69) is 15.0 Å². The largest absolute Gasteiger partial charge is 0.497 e. The average molecular weight is 426 g/mol. The highest BCUT2D eigenvalue weighted by Gasteiger charge is 2.28. The monoisotopic (exact) mass is 425 g/mol. The SMILES string of the molecule is COc1ccc(N(/C(N)=N/c2nc(C)cc(C)n2)S(=O)(=O)c2ccc(C)cc2)cc1. The maximum atomic E-state index is 13.5. The van der Waals surface area contributed by atoms with Crippen LogP contribution in [0.15, 0.2) is 64.5 Å². The van der Waals surface area contributed by atoms with Crippen molar-refractivity contribution in [1.82, 2.24) is 9.97 Å². The second-order valence-corrected chi connectivity index (χ2v) is 8.49. The van der Waals surface area contributed by atoms with Gasteiger partial charge < -0.3 is 10.5 Å². The molecule has 0 spiro atoms. The first-order valence-corrected chi connectivity index (χ1v) is 10.6. The number of ether oxygens (including phenoxy) is 1. The minimum absolute atomic E-state index is 0.0858. The summed E-state index contributed by atoms with van der Waals surface area (Å²) in [7, 11) is -2.52. The van der Waals surface area contributed by atoms with E-state index in [9.17, 15) is 8.42 Å². The van der Waals surface area contributed by atoms with Crippen LogP contribution in [0, 0.1) is 20.8 Å². The van der Waals surface area contributed by atoms with Crippen LogP contribution >= 0.6 is 0 Å². The third-order valence-corrected chi connectivity index (χ3v) is 6.01. The molecule has 30 heavy (non-hydrogen) atoms. The molecule has 0 aliphatic rings. The number of benzene rings is 2. The van der Waals surface area contributed by atoms with Gasteiger partial charge in [0.05, 0.1) is 17.7 Å². The van der Waals surface area contributed by atoms with Gasteiger partial charge in [0, 0.05) is 11.4 Å². The van der Waals surface area contributed by atoms with Crippen molar-refractivity contribution >= 4 is 27.6 Å². The van der Waals surface area contributed by atoms with E-state index in [1.807, 2.05) is 6.92 Å². The van der Waals surface area contributed by atoms with Gasteiger partial charge in [0.15, 0.2) is 0 Å². The predicted molar refractivity (Wildman–Crippen MR) is 117 cm³/mol. The Labute approximate surface area is 176 Å². The van der Waals surface area contributed by atoms with Crippen molar-refractivity contribution in [2.24, 2.45) is 10.7 Å². The van der Waals surface area contributed by atoms with Gasteiger partial charge in [0.25, 0.3) is 16.0 Å². The molecule has 1 aromatic heterocycles. The lowest BCUT2D eigenvalue weighted by molar-refractivity contribution is 0.415. The molecule has 0 saturated carbocycles. The number of rotatable bonds is 5. The first-order chi connectivity index (χ1) is 14.2. The number of nitrogens with zero attached hydrogens (tertiary/aromatic N) is 4. The summed E-state index contributed by atoms with van der Waals surface area (Å²) in [6, 6.07) is 14.8. The van der Waals surface area contributed by atoms with Crippen LogP contribution in [0.4, 0.5) is 11.6 Å². The number of guanidine groups is 1. The Hall–Kier alpha value is -3.46. The van der Waals surface area contributed by atoms with Gasteiger partial charge in [0.1, 0.15) is 5.75 Å². The fraction of sp³-hybridized carbons (Fsp3) is 0.190. The highest BCUT2D eigenvalue weighted by molar-refractivity contribution is 7.93. The Morgan fingerprint density at radius 3 is 2.07 bits per heavy atom. The minimum atomic E-state index is -4.05. The molecule has 2 aromatic carbocycles. The number of anilines is 1. The van der Waals surface area contributed by atoms with E-state index in [0.29, 0.717) is 22.8 Å². The zero-order valence-corrected chi connectivity index (χ0v) is 18.0. The lowest BCUT2D eigenvalue weighted by atomic mass is 10.2. The summed E-state index contributed by atoms with van der Waals surface area (Å²) in [5, 5.41) is 0. The second-order valence-electron chi connectivity index (χ2n) is 6.70. The van der Waals surface area contributed by atoms with Crippen LogP contribution in [-0.2, 0) is 10.0 Å². The number of nitrogens with two attached hydrogens (primary N) is 1. The van der Waals surface area contributed by atoms with Crippen LogP contribution < -0.4 is 14.8 Å². The molecule has 0 amide bonds. The Balaban J connectivity index is 2.15. The maximum Gasteiger partial charge on any atom is 0.271 e. The highest BCUT2D eigenvalue weighted by Crippen LogP contribution is 2.26. The minimum Gasteiger partial charge on any atom is -0.497 e. The summed E-state index contributed by atoms with van der Waals surface area (Å²) in [5.41, 5.74) is 8.84. The van der Waals surface area contributed by atoms with Crippen molar-refractivity contribution in [1.29, 1.82) is 0 Å². The molecule has 0 bridgehead atoms. The van der Waals surface area contributed by atoms with Gasteiger partial charge >= 0.3 is 0 Å². The van der Waals surface area contributed by atoms with Gasteiger partial charge in [-0.1, -0.05) is 17.7 Å². The Kier molecular flexibility index (Phi) is 6.02. The summed E-state index contributed by atoms with van der Waals surface area (Å²) in [6.45, 7) is 5.48. The number of aromatic nitrogens is 2. The topological polar surface area (TPSA) is 111 Å². The van der Waals surface area contributed by atoms with Crippen molar-refractivity contribution in [3.8, 4) is 5.75 Å². The van der Waals surface area contributed by atoms with Crippen LogP contribution in [-0.4, -0.2) is 31.5 Å². The molecule has 0 saturated heterocycles. The maximum absolute atomic E-state index is 13.5. The van der Waals surface area contributed by atoms with Crippen LogP contribution in [0.3, 0.4) is 0 Å². The standard InChI is InChI=1S/C21H23N5O3S/c1-14-5-11-19(12-6-14)30(27,28)26(17-7-9-18(29-4)10-8-17)20(22)25-21-23-15(2)13-16(3)24-21/h5-13H,1-4H3,(H2,22,23,24,25). The molecular formula is C21H23N5O3S. The van der Waals surface area contributed by atoms with E-state index < -0.39 is 10.0 Å². The number of methoxy groups -OCH3 is 1. The van der Waals surface area contributed by atoms with Crippen LogP contribution in [0.5, 0.6) is 5.75 Å². The van der Waals surface area contributed by atoms with E-state index >= 15 is 0 Å². The van der Waals surface area contributed by atoms with Crippen LogP contribution in [0.2, 0.25) is 0 Å². The third kappa shape index (κ3) is 4.57. The molecule has 8 nitrogen and oxygen atoms in total. The molecule has 0 aliphatic carbocycles. The first-order valence-electron chi connectivity index (χ1n) is 9.13. The van der Waals surface area contributed by atoms with Crippen LogP contribution in [0.25, 0.3) is 0 Å². The van der Waals surface area contributed by atoms with Crippen molar-refractivity contribution in [2.75, 3.05) is 11.4 Å². The van der Waals surface area contributed by atoms with Crippen molar-refractivity contribution in [3.05, 3.63) is 71.5 Å². The summed E-state index contributed by atoms with van der Waals surface area (Å²) in [5.74, 6) is 0.396. The zero-order chi connectivity index (χ0) is 21.9. The number of aryl methyl sites for hydroxylation is 3. The van der Waals surface area contributed by atoms with Crippen LogP contribution in [0.1, 0.15) is 17.0 Å². The van der Waals surface area contributed by atoms with E-state index in [1.165, 1.54) is 19.2 Å². The number of hydrogen-bond acceptors (Lipinski definition) is 6.